The number of imidazole rings is 1. The van der Waals surface area contributed by atoms with E-state index in [2.05, 4.69) is 11.9 Å². The number of carbonyl (C=O) groups is 1. The molecule has 0 aliphatic heterocycles. The summed E-state index contributed by atoms with van der Waals surface area (Å²) in [5.41, 5.74) is 1.31. The van der Waals surface area contributed by atoms with Crippen molar-refractivity contribution < 1.29 is 14.3 Å². The fraction of sp³-hybridized carbons (Fsp3) is 0.385. The molecule has 0 fully saturated rings. The lowest BCUT2D eigenvalue weighted by Crippen LogP contribution is -2.09. The van der Waals surface area contributed by atoms with Gasteiger partial charge in [-0.3, -0.25) is 4.79 Å². The molecule has 0 saturated carbocycles. The van der Waals surface area contributed by atoms with Crippen molar-refractivity contribution in [3.8, 4) is 0 Å². The highest BCUT2D eigenvalue weighted by Crippen LogP contribution is 2.18. The Kier molecular flexibility index (Phi) is 3.60. The zero-order valence-corrected chi connectivity index (χ0v) is 10.2. The van der Waals surface area contributed by atoms with Crippen LogP contribution in [0.5, 0.6) is 0 Å². The van der Waals surface area contributed by atoms with Gasteiger partial charge in [0.2, 0.25) is 0 Å². The molecule has 0 bridgehead atoms. The molecule has 0 aliphatic carbocycles. The van der Waals surface area contributed by atoms with Gasteiger partial charge in [0, 0.05) is 12.6 Å². The van der Waals surface area contributed by atoms with Crippen LogP contribution in [0.15, 0.2) is 18.2 Å². The standard InChI is InChI=1S/C13H15FN2O2/c1-2-3-6-16-11-5-4-9(14)7-10(11)15-12(16)8-13(17)18/h4-5,7H,2-3,6,8H2,1H3,(H,17,18). The molecule has 0 saturated heterocycles. The molecule has 2 aromatic rings. The molecule has 1 heterocycles. The monoisotopic (exact) mass is 250 g/mol. The van der Waals surface area contributed by atoms with E-state index >= 15 is 0 Å². The third-order valence-electron chi connectivity index (χ3n) is 2.83. The first-order valence-corrected chi connectivity index (χ1v) is 5.98. The van der Waals surface area contributed by atoms with Gasteiger partial charge in [0.1, 0.15) is 18.1 Å². The minimum atomic E-state index is -0.927. The summed E-state index contributed by atoms with van der Waals surface area (Å²) in [7, 11) is 0. The summed E-state index contributed by atoms with van der Waals surface area (Å²) in [6, 6.07) is 4.36. The first-order valence-electron chi connectivity index (χ1n) is 5.98. The first-order chi connectivity index (χ1) is 8.61. The van der Waals surface area contributed by atoms with Crippen molar-refractivity contribution in [2.75, 3.05) is 0 Å². The number of unbranched alkanes of at least 4 members (excludes halogenated alkanes) is 1. The molecule has 4 nitrogen and oxygen atoms in total. The van der Waals surface area contributed by atoms with Crippen molar-refractivity contribution >= 4 is 17.0 Å². The van der Waals surface area contributed by atoms with Crippen LogP contribution in [0, 0.1) is 5.82 Å². The maximum Gasteiger partial charge on any atom is 0.311 e. The Balaban J connectivity index is 2.49. The molecule has 0 spiro atoms. The number of benzene rings is 1. The molecule has 1 aromatic heterocycles. The van der Waals surface area contributed by atoms with Crippen molar-refractivity contribution in [2.45, 2.75) is 32.7 Å². The quantitative estimate of drug-likeness (QED) is 0.887. The number of carboxylic acids is 1. The van der Waals surface area contributed by atoms with Gasteiger partial charge in [-0.05, 0) is 18.6 Å². The van der Waals surface area contributed by atoms with Crippen LogP contribution >= 0.6 is 0 Å². The van der Waals surface area contributed by atoms with Crippen LogP contribution < -0.4 is 0 Å². The molecular weight excluding hydrogens is 235 g/mol. The number of hydrogen-bond acceptors (Lipinski definition) is 2. The lowest BCUT2D eigenvalue weighted by atomic mass is 10.3. The van der Waals surface area contributed by atoms with Gasteiger partial charge in [-0.1, -0.05) is 13.3 Å². The average Bonchev–Trinajstić information content (AvgIpc) is 2.62. The summed E-state index contributed by atoms with van der Waals surface area (Å²) >= 11 is 0. The summed E-state index contributed by atoms with van der Waals surface area (Å²) in [6.45, 7) is 2.77. The number of carboxylic acid groups (broad SMARTS) is 1. The largest absolute Gasteiger partial charge is 0.481 e. The number of hydrogen-bond donors (Lipinski definition) is 1. The van der Waals surface area contributed by atoms with Gasteiger partial charge in [0.15, 0.2) is 0 Å². The second-order valence-electron chi connectivity index (χ2n) is 4.24. The van der Waals surface area contributed by atoms with E-state index in [0.717, 1.165) is 18.4 Å². The van der Waals surface area contributed by atoms with Crippen LogP contribution in [0.4, 0.5) is 4.39 Å². The Morgan fingerprint density at radius 1 is 1.50 bits per heavy atom. The molecule has 2 rings (SSSR count). The van der Waals surface area contributed by atoms with Crippen LogP contribution in [-0.4, -0.2) is 20.6 Å². The van der Waals surface area contributed by atoms with Gasteiger partial charge in [0.05, 0.1) is 11.0 Å². The highest BCUT2D eigenvalue weighted by atomic mass is 19.1. The molecule has 5 heteroatoms. The van der Waals surface area contributed by atoms with E-state index < -0.39 is 5.97 Å². The molecule has 18 heavy (non-hydrogen) atoms. The van der Waals surface area contributed by atoms with Crippen LogP contribution in [0.3, 0.4) is 0 Å². The van der Waals surface area contributed by atoms with Crippen LogP contribution in [0.2, 0.25) is 0 Å². The molecule has 96 valence electrons. The first kappa shape index (κ1) is 12.5. The van der Waals surface area contributed by atoms with Gasteiger partial charge < -0.3 is 9.67 Å². The Hall–Kier alpha value is -1.91. The fourth-order valence-corrected chi connectivity index (χ4v) is 1.99. The number of rotatable bonds is 5. The molecule has 1 aromatic carbocycles. The zero-order chi connectivity index (χ0) is 13.1. The lowest BCUT2D eigenvalue weighted by Gasteiger charge is -2.06. The topological polar surface area (TPSA) is 55.1 Å². The molecule has 0 unspecified atom stereocenters. The van der Waals surface area contributed by atoms with Crippen molar-refractivity contribution in [3.63, 3.8) is 0 Å². The van der Waals surface area contributed by atoms with Crippen LogP contribution in [0.25, 0.3) is 11.0 Å². The van der Waals surface area contributed by atoms with Crippen LogP contribution in [-0.2, 0) is 17.8 Å². The van der Waals surface area contributed by atoms with E-state index in [1.165, 1.54) is 12.1 Å². The normalized spacial score (nSPS) is 11.0. The highest BCUT2D eigenvalue weighted by Gasteiger charge is 2.13. The number of aliphatic carboxylic acids is 1. The Bertz CT molecular complexity index is 578. The lowest BCUT2D eigenvalue weighted by molar-refractivity contribution is -0.136. The molecule has 1 N–H and O–H groups in total. The van der Waals surface area contributed by atoms with Gasteiger partial charge in [-0.2, -0.15) is 0 Å². The van der Waals surface area contributed by atoms with E-state index in [-0.39, 0.29) is 12.2 Å². The maximum absolute atomic E-state index is 13.1. The van der Waals surface area contributed by atoms with Gasteiger partial charge in [0.25, 0.3) is 0 Å². The average molecular weight is 250 g/mol. The molecule has 0 atom stereocenters. The van der Waals surface area contributed by atoms with Gasteiger partial charge in [-0.25, -0.2) is 9.37 Å². The molecule has 0 amide bonds. The molecular formula is C13H15FN2O2. The number of aryl methyl sites for hydroxylation is 1. The number of halogens is 1. The van der Waals surface area contributed by atoms with Gasteiger partial charge in [-0.15, -0.1) is 0 Å². The fourth-order valence-electron chi connectivity index (χ4n) is 1.99. The van der Waals surface area contributed by atoms with Crippen molar-refractivity contribution in [3.05, 3.63) is 29.8 Å². The minimum Gasteiger partial charge on any atom is -0.481 e. The van der Waals surface area contributed by atoms with E-state index in [1.807, 2.05) is 4.57 Å². The Morgan fingerprint density at radius 2 is 2.28 bits per heavy atom. The highest BCUT2D eigenvalue weighted by molar-refractivity contribution is 5.78. The molecule has 0 radical (unpaired) electrons. The SMILES string of the molecule is CCCCn1c(CC(=O)O)nc2cc(F)ccc21. The Labute approximate surface area is 104 Å². The number of aromatic nitrogens is 2. The van der Waals surface area contributed by atoms with Crippen molar-refractivity contribution in [1.82, 2.24) is 9.55 Å². The number of fused-ring (bicyclic) bond motifs is 1. The predicted molar refractivity (Wildman–Crippen MR) is 65.9 cm³/mol. The zero-order valence-electron chi connectivity index (χ0n) is 10.2. The summed E-state index contributed by atoms with van der Waals surface area (Å²) in [6.07, 6.45) is 1.81. The summed E-state index contributed by atoms with van der Waals surface area (Å²) in [5.74, 6) is -0.801. The number of nitrogens with zero attached hydrogens (tertiary/aromatic N) is 2. The van der Waals surface area contributed by atoms with Crippen LogP contribution in [0.1, 0.15) is 25.6 Å². The Morgan fingerprint density at radius 3 is 2.94 bits per heavy atom. The maximum atomic E-state index is 13.1. The van der Waals surface area contributed by atoms with E-state index in [4.69, 9.17) is 5.11 Å². The third-order valence-corrected chi connectivity index (χ3v) is 2.83. The second-order valence-corrected chi connectivity index (χ2v) is 4.24. The summed E-state index contributed by atoms with van der Waals surface area (Å²) < 4.78 is 15.0. The van der Waals surface area contributed by atoms with E-state index in [0.29, 0.717) is 17.9 Å². The van der Waals surface area contributed by atoms with E-state index in [9.17, 15) is 9.18 Å². The smallest absolute Gasteiger partial charge is 0.311 e. The van der Waals surface area contributed by atoms with Crippen molar-refractivity contribution in [1.29, 1.82) is 0 Å². The third kappa shape index (κ3) is 2.50. The summed E-state index contributed by atoms with van der Waals surface area (Å²) in [5, 5.41) is 8.87. The predicted octanol–water partition coefficient (Wildman–Crippen LogP) is 2.60. The summed E-state index contributed by atoms with van der Waals surface area (Å²) in [4.78, 5) is 15.0. The minimum absolute atomic E-state index is 0.139. The second kappa shape index (κ2) is 5.16. The molecule has 0 aliphatic rings. The van der Waals surface area contributed by atoms with Crippen molar-refractivity contribution in [2.24, 2.45) is 0 Å². The van der Waals surface area contributed by atoms with Gasteiger partial charge >= 0.3 is 5.97 Å². The van der Waals surface area contributed by atoms with E-state index in [1.54, 1.807) is 6.07 Å².